The number of hydrogen-bond donors (Lipinski definition) is 2. The number of likely N-dealkylation sites (tertiary alicyclic amines) is 1. The molecular formula is C9H16N2O2. The minimum atomic E-state index is -0.605. The normalized spacial score (nSPS) is 40.0. The first-order valence-electron chi connectivity index (χ1n) is 4.79. The van der Waals surface area contributed by atoms with Crippen molar-refractivity contribution in [2.24, 2.45) is 17.8 Å². The highest BCUT2D eigenvalue weighted by Crippen LogP contribution is 2.51. The lowest BCUT2D eigenvalue weighted by molar-refractivity contribution is -0.139. The van der Waals surface area contributed by atoms with E-state index in [1.165, 1.54) is 0 Å². The van der Waals surface area contributed by atoms with Gasteiger partial charge in [0.2, 0.25) is 0 Å². The Morgan fingerprint density at radius 1 is 1.54 bits per heavy atom. The van der Waals surface area contributed by atoms with Crippen molar-refractivity contribution in [1.82, 2.24) is 10.2 Å². The fourth-order valence-corrected chi connectivity index (χ4v) is 2.42. The van der Waals surface area contributed by atoms with Crippen LogP contribution < -0.4 is 5.32 Å². The first-order chi connectivity index (χ1) is 6.15. The number of carboxylic acids is 1. The van der Waals surface area contributed by atoms with E-state index in [4.69, 9.17) is 5.11 Å². The van der Waals surface area contributed by atoms with Gasteiger partial charge in [-0.05, 0) is 25.8 Å². The summed E-state index contributed by atoms with van der Waals surface area (Å²) in [5.41, 5.74) is 0. The number of aliphatic carboxylic acids is 1. The largest absolute Gasteiger partial charge is 0.481 e. The predicted octanol–water partition coefficient (Wildman–Crippen LogP) is -0.186. The molecule has 1 aliphatic carbocycles. The Morgan fingerprint density at radius 2 is 2.08 bits per heavy atom. The molecule has 0 spiro atoms. The highest BCUT2D eigenvalue weighted by Gasteiger charge is 2.59. The number of nitrogens with zero attached hydrogens (tertiary/aromatic N) is 1. The van der Waals surface area contributed by atoms with Crippen molar-refractivity contribution in [3.63, 3.8) is 0 Å². The van der Waals surface area contributed by atoms with Crippen LogP contribution in [0.4, 0.5) is 0 Å². The molecule has 0 aromatic rings. The number of rotatable bonds is 3. The standard InChI is InChI=1S/C9H16N2O2/c1-5(10-2)11-3-6-7(4-11)8(6)9(12)13/h5-8,10H,3-4H2,1-2H3,(H,12,13). The molecule has 3 atom stereocenters. The minimum absolute atomic E-state index is 0.0414. The van der Waals surface area contributed by atoms with Crippen molar-refractivity contribution in [3.05, 3.63) is 0 Å². The highest BCUT2D eigenvalue weighted by atomic mass is 16.4. The van der Waals surface area contributed by atoms with E-state index in [0.717, 1.165) is 13.1 Å². The van der Waals surface area contributed by atoms with Gasteiger partial charge in [0.05, 0.1) is 12.1 Å². The number of fused-ring (bicyclic) bond motifs is 1. The number of nitrogens with one attached hydrogen (secondary N) is 1. The molecule has 2 aliphatic rings. The summed E-state index contributed by atoms with van der Waals surface area (Å²) in [5, 5.41) is 12.0. The molecule has 4 nitrogen and oxygen atoms in total. The molecule has 0 radical (unpaired) electrons. The van der Waals surface area contributed by atoms with Crippen LogP contribution in [0.25, 0.3) is 0 Å². The number of carboxylic acid groups (broad SMARTS) is 1. The van der Waals surface area contributed by atoms with Crippen LogP contribution in [0.1, 0.15) is 6.92 Å². The quantitative estimate of drug-likeness (QED) is 0.638. The van der Waals surface area contributed by atoms with Gasteiger partial charge in [0.15, 0.2) is 0 Å². The van der Waals surface area contributed by atoms with Gasteiger partial charge in [-0.25, -0.2) is 0 Å². The second kappa shape index (κ2) is 2.96. The fraction of sp³-hybridized carbons (Fsp3) is 0.889. The van der Waals surface area contributed by atoms with Crippen LogP contribution in [-0.2, 0) is 4.79 Å². The molecule has 0 aromatic heterocycles. The summed E-state index contributed by atoms with van der Waals surface area (Å²) in [6, 6.07) is 0. The van der Waals surface area contributed by atoms with Crippen molar-refractivity contribution >= 4 is 5.97 Å². The summed E-state index contributed by atoms with van der Waals surface area (Å²) < 4.78 is 0. The molecule has 0 amide bonds. The zero-order valence-electron chi connectivity index (χ0n) is 8.03. The Bertz CT molecular complexity index is 220. The minimum Gasteiger partial charge on any atom is -0.481 e. The molecule has 2 N–H and O–H groups in total. The van der Waals surface area contributed by atoms with E-state index < -0.39 is 5.97 Å². The molecule has 1 heterocycles. The van der Waals surface area contributed by atoms with Gasteiger partial charge in [0, 0.05) is 13.1 Å². The second-order valence-corrected chi connectivity index (χ2v) is 4.11. The predicted molar refractivity (Wildman–Crippen MR) is 48.2 cm³/mol. The van der Waals surface area contributed by atoms with Gasteiger partial charge < -0.3 is 10.4 Å². The molecule has 74 valence electrons. The van der Waals surface area contributed by atoms with Crippen molar-refractivity contribution in [1.29, 1.82) is 0 Å². The van der Waals surface area contributed by atoms with E-state index in [2.05, 4.69) is 17.1 Å². The molecule has 2 rings (SSSR count). The Labute approximate surface area is 77.9 Å². The van der Waals surface area contributed by atoms with Crippen molar-refractivity contribution in [2.75, 3.05) is 20.1 Å². The number of hydrogen-bond acceptors (Lipinski definition) is 3. The Kier molecular flexibility index (Phi) is 2.04. The van der Waals surface area contributed by atoms with E-state index >= 15 is 0 Å². The molecule has 1 aliphatic heterocycles. The average Bonchev–Trinajstić information content (AvgIpc) is 2.62. The summed E-state index contributed by atoms with van der Waals surface area (Å²) in [6.45, 7) is 4.01. The van der Waals surface area contributed by atoms with Crippen LogP contribution in [0.3, 0.4) is 0 Å². The van der Waals surface area contributed by atoms with E-state index in [0.29, 0.717) is 18.0 Å². The maximum atomic E-state index is 10.7. The smallest absolute Gasteiger partial charge is 0.307 e. The van der Waals surface area contributed by atoms with Crippen LogP contribution in [0.2, 0.25) is 0 Å². The third-order valence-electron chi connectivity index (χ3n) is 3.47. The van der Waals surface area contributed by atoms with E-state index in [-0.39, 0.29) is 5.92 Å². The molecule has 2 fully saturated rings. The van der Waals surface area contributed by atoms with Gasteiger partial charge in [-0.1, -0.05) is 0 Å². The first-order valence-corrected chi connectivity index (χ1v) is 4.79. The topological polar surface area (TPSA) is 52.6 Å². The molecule has 3 unspecified atom stereocenters. The fourth-order valence-electron chi connectivity index (χ4n) is 2.42. The zero-order chi connectivity index (χ0) is 9.59. The van der Waals surface area contributed by atoms with Gasteiger partial charge in [0.1, 0.15) is 0 Å². The molecule has 4 heteroatoms. The van der Waals surface area contributed by atoms with Gasteiger partial charge >= 0.3 is 5.97 Å². The molecule has 1 saturated heterocycles. The lowest BCUT2D eigenvalue weighted by Crippen LogP contribution is -2.42. The van der Waals surface area contributed by atoms with Crippen LogP contribution >= 0.6 is 0 Å². The summed E-state index contributed by atoms with van der Waals surface area (Å²) in [5.74, 6) is 0.202. The highest BCUT2D eigenvalue weighted by molar-refractivity contribution is 5.74. The SMILES string of the molecule is CNC(C)N1CC2C(C1)C2C(=O)O. The van der Waals surface area contributed by atoms with Crippen LogP contribution in [-0.4, -0.2) is 42.3 Å². The Morgan fingerprint density at radius 3 is 2.46 bits per heavy atom. The third-order valence-corrected chi connectivity index (χ3v) is 3.47. The average molecular weight is 184 g/mol. The second-order valence-electron chi connectivity index (χ2n) is 4.11. The van der Waals surface area contributed by atoms with E-state index in [1.807, 2.05) is 7.05 Å². The molecular weight excluding hydrogens is 168 g/mol. The van der Waals surface area contributed by atoms with Crippen LogP contribution in [0.5, 0.6) is 0 Å². The first kappa shape index (κ1) is 8.97. The summed E-state index contributed by atoms with van der Waals surface area (Å²) in [4.78, 5) is 13.0. The molecule has 13 heavy (non-hydrogen) atoms. The monoisotopic (exact) mass is 184 g/mol. The van der Waals surface area contributed by atoms with Crippen molar-refractivity contribution in [2.45, 2.75) is 13.1 Å². The molecule has 1 saturated carbocycles. The van der Waals surface area contributed by atoms with Crippen molar-refractivity contribution in [3.8, 4) is 0 Å². The Hall–Kier alpha value is -0.610. The van der Waals surface area contributed by atoms with Crippen LogP contribution in [0.15, 0.2) is 0 Å². The zero-order valence-corrected chi connectivity index (χ0v) is 8.03. The lowest BCUT2D eigenvalue weighted by Gasteiger charge is -2.25. The summed E-state index contributed by atoms with van der Waals surface area (Å²) in [6.07, 6.45) is 0.377. The molecule has 0 aromatic carbocycles. The van der Waals surface area contributed by atoms with E-state index in [1.54, 1.807) is 0 Å². The van der Waals surface area contributed by atoms with E-state index in [9.17, 15) is 4.79 Å². The van der Waals surface area contributed by atoms with Gasteiger partial charge in [-0.2, -0.15) is 0 Å². The summed E-state index contributed by atoms with van der Waals surface area (Å²) >= 11 is 0. The lowest BCUT2D eigenvalue weighted by atomic mass is 10.2. The van der Waals surface area contributed by atoms with Crippen molar-refractivity contribution < 1.29 is 9.90 Å². The maximum Gasteiger partial charge on any atom is 0.307 e. The van der Waals surface area contributed by atoms with Gasteiger partial charge in [0.25, 0.3) is 0 Å². The third kappa shape index (κ3) is 1.34. The Balaban J connectivity index is 1.86. The maximum absolute atomic E-state index is 10.7. The summed E-state index contributed by atoms with van der Waals surface area (Å²) in [7, 11) is 1.93. The number of piperidine rings is 1. The number of carbonyl (C=O) groups is 1. The van der Waals surface area contributed by atoms with Gasteiger partial charge in [-0.3, -0.25) is 9.69 Å². The van der Waals surface area contributed by atoms with Crippen LogP contribution in [0, 0.1) is 17.8 Å². The van der Waals surface area contributed by atoms with Gasteiger partial charge in [-0.15, -0.1) is 0 Å². The molecule has 0 bridgehead atoms.